The van der Waals surface area contributed by atoms with Crippen LogP contribution >= 0.6 is 0 Å². The first-order valence-electron chi connectivity index (χ1n) is 6.31. The van der Waals surface area contributed by atoms with E-state index in [0.717, 1.165) is 19.5 Å². The number of hydrogen-bond acceptors (Lipinski definition) is 3. The minimum absolute atomic E-state index is 0.368. The van der Waals surface area contributed by atoms with Crippen LogP contribution < -0.4 is 5.43 Å². The van der Waals surface area contributed by atoms with Crippen LogP contribution in [0.4, 0.5) is 0 Å². The van der Waals surface area contributed by atoms with Gasteiger partial charge in [0.05, 0.1) is 6.04 Å². The molecule has 1 fully saturated rings. The number of piperidine rings is 1. The van der Waals surface area contributed by atoms with Crippen molar-refractivity contribution in [3.63, 3.8) is 0 Å². The number of aryl methyl sites for hydroxylation is 1. The first-order valence-corrected chi connectivity index (χ1v) is 6.31. The Morgan fingerprint density at radius 3 is 3.12 bits per heavy atom. The zero-order valence-electron chi connectivity index (χ0n) is 10.5. The van der Waals surface area contributed by atoms with Crippen LogP contribution in [0, 0.1) is 12.8 Å². The van der Waals surface area contributed by atoms with Gasteiger partial charge in [0.15, 0.2) is 0 Å². The van der Waals surface area contributed by atoms with Crippen LogP contribution in [0.15, 0.2) is 29.4 Å². The van der Waals surface area contributed by atoms with Crippen LogP contribution in [0.3, 0.4) is 0 Å². The lowest BCUT2D eigenvalue weighted by molar-refractivity contribution is 0.272. The highest BCUT2D eigenvalue weighted by Crippen LogP contribution is 2.32. The van der Waals surface area contributed by atoms with Crippen molar-refractivity contribution in [3.8, 4) is 0 Å². The monoisotopic (exact) mass is 229 g/mol. The van der Waals surface area contributed by atoms with Crippen molar-refractivity contribution in [2.45, 2.75) is 19.4 Å². The summed E-state index contributed by atoms with van der Waals surface area (Å²) in [5.74, 6) is 0.551. The molecule has 17 heavy (non-hydrogen) atoms. The molecule has 0 bridgehead atoms. The van der Waals surface area contributed by atoms with E-state index < -0.39 is 0 Å². The van der Waals surface area contributed by atoms with Gasteiger partial charge >= 0.3 is 0 Å². The second-order valence-corrected chi connectivity index (χ2v) is 5.24. The van der Waals surface area contributed by atoms with Gasteiger partial charge in [0, 0.05) is 31.1 Å². The van der Waals surface area contributed by atoms with E-state index in [-0.39, 0.29) is 0 Å². The van der Waals surface area contributed by atoms with Crippen LogP contribution in [0.1, 0.15) is 23.6 Å². The van der Waals surface area contributed by atoms with E-state index in [1.807, 2.05) is 0 Å². The third-order valence-electron chi connectivity index (χ3n) is 3.84. The van der Waals surface area contributed by atoms with Crippen molar-refractivity contribution in [3.05, 3.63) is 35.4 Å². The van der Waals surface area contributed by atoms with E-state index in [9.17, 15) is 0 Å². The average molecular weight is 229 g/mol. The first-order chi connectivity index (χ1) is 8.24. The zero-order valence-corrected chi connectivity index (χ0v) is 10.5. The molecule has 2 atom stereocenters. The summed E-state index contributed by atoms with van der Waals surface area (Å²) >= 11 is 0. The average Bonchev–Trinajstić information content (AvgIpc) is 2.71. The predicted octanol–water partition coefficient (Wildman–Crippen LogP) is 1.95. The number of likely N-dealkylation sites (tertiary alicyclic amines) is 1. The highest BCUT2D eigenvalue weighted by molar-refractivity contribution is 5.89. The summed E-state index contributed by atoms with van der Waals surface area (Å²) in [6, 6.07) is 9.12. The Kier molecular flexibility index (Phi) is 2.63. The number of hydrogen-bond donors (Lipinski definition) is 1. The van der Waals surface area contributed by atoms with Crippen LogP contribution in [0.25, 0.3) is 0 Å². The topological polar surface area (TPSA) is 27.6 Å². The largest absolute Gasteiger partial charge is 0.305 e. The predicted molar refractivity (Wildman–Crippen MR) is 70.1 cm³/mol. The van der Waals surface area contributed by atoms with Crippen LogP contribution in [-0.2, 0) is 0 Å². The fourth-order valence-corrected chi connectivity index (χ4v) is 2.87. The van der Waals surface area contributed by atoms with E-state index in [2.05, 4.69) is 53.7 Å². The third-order valence-corrected chi connectivity index (χ3v) is 3.84. The summed E-state index contributed by atoms with van der Waals surface area (Å²) in [5.41, 5.74) is 7.37. The van der Waals surface area contributed by atoms with Gasteiger partial charge in [0.1, 0.15) is 0 Å². The maximum absolute atomic E-state index is 4.52. The second-order valence-electron chi connectivity index (χ2n) is 5.24. The Morgan fingerprint density at radius 1 is 1.41 bits per heavy atom. The standard InChI is InChI=1S/C14H19N3/c1-10-4-3-5-11(8-10)14-12-9-17(2)7-6-13(12)15-16-14/h3-5,8,12,14,16H,6-7,9H2,1-2H3. The van der Waals surface area contributed by atoms with Crippen LogP contribution in [0.2, 0.25) is 0 Å². The SMILES string of the molecule is Cc1cccc(C2NN=C3CCN(C)CC32)c1. The Balaban J connectivity index is 1.86. The summed E-state index contributed by atoms with van der Waals surface area (Å²) in [6.45, 7) is 4.40. The molecular weight excluding hydrogens is 210 g/mol. The lowest BCUT2D eigenvalue weighted by atomic mass is 9.86. The maximum atomic E-state index is 4.52. The molecule has 0 spiro atoms. The molecule has 0 amide bonds. The molecule has 0 saturated carbocycles. The Bertz CT molecular complexity index is 453. The van der Waals surface area contributed by atoms with Crippen LogP contribution in [0.5, 0.6) is 0 Å². The quantitative estimate of drug-likeness (QED) is 0.797. The summed E-state index contributed by atoms with van der Waals surface area (Å²) in [7, 11) is 2.20. The van der Waals surface area contributed by atoms with Gasteiger partial charge in [0.25, 0.3) is 0 Å². The molecule has 3 heteroatoms. The molecule has 1 saturated heterocycles. The first kappa shape index (κ1) is 10.8. The van der Waals surface area contributed by atoms with E-state index in [1.165, 1.54) is 16.8 Å². The second kappa shape index (κ2) is 4.15. The molecule has 2 heterocycles. The van der Waals surface area contributed by atoms with E-state index >= 15 is 0 Å². The Hall–Kier alpha value is -1.35. The molecule has 2 unspecified atom stereocenters. The molecule has 1 aromatic rings. The van der Waals surface area contributed by atoms with E-state index in [0.29, 0.717) is 12.0 Å². The number of benzene rings is 1. The van der Waals surface area contributed by atoms with Crippen LogP contribution in [-0.4, -0.2) is 30.7 Å². The van der Waals surface area contributed by atoms with Gasteiger partial charge in [-0.05, 0) is 19.5 Å². The van der Waals surface area contributed by atoms with Crippen molar-refractivity contribution in [2.24, 2.45) is 11.0 Å². The summed E-state index contributed by atoms with van der Waals surface area (Å²) < 4.78 is 0. The number of rotatable bonds is 1. The molecule has 0 radical (unpaired) electrons. The molecule has 3 rings (SSSR count). The zero-order chi connectivity index (χ0) is 11.8. The molecular formula is C14H19N3. The van der Waals surface area contributed by atoms with Crippen molar-refractivity contribution in [1.82, 2.24) is 10.3 Å². The highest BCUT2D eigenvalue weighted by Gasteiger charge is 2.35. The van der Waals surface area contributed by atoms with Gasteiger partial charge in [-0.25, -0.2) is 0 Å². The molecule has 3 nitrogen and oxygen atoms in total. The number of hydrazone groups is 1. The third kappa shape index (κ3) is 1.95. The number of nitrogens with one attached hydrogen (secondary N) is 1. The van der Waals surface area contributed by atoms with Crippen molar-refractivity contribution in [1.29, 1.82) is 0 Å². The highest BCUT2D eigenvalue weighted by atomic mass is 15.3. The van der Waals surface area contributed by atoms with E-state index in [1.54, 1.807) is 0 Å². The lowest BCUT2D eigenvalue weighted by Crippen LogP contribution is -2.39. The van der Waals surface area contributed by atoms with Crippen molar-refractivity contribution >= 4 is 5.71 Å². The maximum Gasteiger partial charge on any atom is 0.0782 e. The fraction of sp³-hybridized carbons (Fsp3) is 0.500. The molecule has 90 valence electrons. The van der Waals surface area contributed by atoms with Gasteiger partial charge < -0.3 is 10.3 Å². The van der Waals surface area contributed by atoms with Crippen molar-refractivity contribution < 1.29 is 0 Å². The van der Waals surface area contributed by atoms with Gasteiger partial charge in [-0.1, -0.05) is 29.8 Å². The molecule has 0 aromatic heterocycles. The molecule has 2 aliphatic rings. The minimum Gasteiger partial charge on any atom is -0.305 e. The van der Waals surface area contributed by atoms with Gasteiger partial charge in [-0.15, -0.1) is 0 Å². The van der Waals surface area contributed by atoms with E-state index in [4.69, 9.17) is 0 Å². The van der Waals surface area contributed by atoms with Gasteiger partial charge in [0.2, 0.25) is 0 Å². The Labute approximate surface area is 103 Å². The molecule has 1 aromatic carbocycles. The van der Waals surface area contributed by atoms with Crippen molar-refractivity contribution in [2.75, 3.05) is 20.1 Å². The summed E-state index contributed by atoms with van der Waals surface area (Å²) in [4.78, 5) is 2.40. The Morgan fingerprint density at radius 2 is 2.29 bits per heavy atom. The number of fused-ring (bicyclic) bond motifs is 1. The normalized spacial score (nSPS) is 28.5. The smallest absolute Gasteiger partial charge is 0.0782 e. The molecule has 0 aliphatic carbocycles. The summed E-state index contributed by atoms with van der Waals surface area (Å²) in [5, 5.41) is 4.52. The lowest BCUT2D eigenvalue weighted by Gasteiger charge is -2.31. The summed E-state index contributed by atoms with van der Waals surface area (Å²) in [6.07, 6.45) is 1.11. The minimum atomic E-state index is 0.368. The van der Waals surface area contributed by atoms with Gasteiger partial charge in [-0.2, -0.15) is 5.10 Å². The number of nitrogens with zero attached hydrogens (tertiary/aromatic N) is 2. The fourth-order valence-electron chi connectivity index (χ4n) is 2.87. The van der Waals surface area contributed by atoms with Gasteiger partial charge in [-0.3, -0.25) is 0 Å². The molecule has 1 N–H and O–H groups in total. The molecule has 2 aliphatic heterocycles.